The summed E-state index contributed by atoms with van der Waals surface area (Å²) in [6.45, 7) is 4.23. The van der Waals surface area contributed by atoms with E-state index in [0.29, 0.717) is 6.42 Å². The zero-order valence-electron chi connectivity index (χ0n) is 13.0. The maximum atomic E-state index is 11.6. The van der Waals surface area contributed by atoms with Gasteiger partial charge in [0.15, 0.2) is 0 Å². The van der Waals surface area contributed by atoms with Crippen LogP contribution in [-0.4, -0.2) is 26.3 Å². The molecule has 0 saturated heterocycles. The number of carbonyl (C=O) groups is 1. The second-order valence-corrected chi connectivity index (χ2v) is 7.81. The fraction of sp³-hybridized carbons (Fsp3) is 0.533. The van der Waals surface area contributed by atoms with Gasteiger partial charge in [0.2, 0.25) is 0 Å². The fourth-order valence-corrected chi connectivity index (χ4v) is 3.83. The Balaban J connectivity index is 3.00. The van der Waals surface area contributed by atoms with Crippen LogP contribution in [0.5, 0.6) is 5.75 Å². The molecule has 1 unspecified atom stereocenters. The monoisotopic (exact) mass is 502 g/mol. The Bertz CT molecular complexity index is 510. The van der Waals surface area contributed by atoms with Gasteiger partial charge in [0.05, 0.1) is 36.0 Å². The Morgan fingerprint density at radius 2 is 2.09 bits per heavy atom. The third kappa shape index (κ3) is 5.90. The lowest BCUT2D eigenvalue weighted by Crippen LogP contribution is -2.28. The molecule has 0 aliphatic rings. The van der Waals surface area contributed by atoms with Crippen LogP contribution in [0.4, 0.5) is 0 Å². The molecule has 1 aromatic rings. The molecule has 0 aliphatic carbocycles. The smallest absolute Gasteiger partial charge is 0.308 e. The molecule has 0 aliphatic heterocycles. The van der Waals surface area contributed by atoms with Gasteiger partial charge >= 0.3 is 5.97 Å². The average molecular weight is 503 g/mol. The summed E-state index contributed by atoms with van der Waals surface area (Å²) >= 11 is 5.56. The minimum atomic E-state index is -0.271. The molecule has 0 fully saturated rings. The standard InChI is InChI=1S/C15H20BrIO4S/c1-15(2,9-11(21-22-17)8-14(18)20-4)12-7-10(16)5-6-13(12)19-3/h5-7,11H,8-9H2,1-4H3. The quantitative estimate of drug-likeness (QED) is 0.282. The molecule has 124 valence electrons. The highest BCUT2D eigenvalue weighted by Gasteiger charge is 2.30. The number of ether oxygens (including phenoxy) is 2. The predicted octanol–water partition coefficient (Wildman–Crippen LogP) is 5.07. The highest BCUT2D eigenvalue weighted by atomic mass is 127. The molecular weight excluding hydrogens is 483 g/mol. The van der Waals surface area contributed by atoms with E-state index < -0.39 is 0 Å². The van der Waals surface area contributed by atoms with E-state index in [1.54, 1.807) is 7.11 Å². The van der Waals surface area contributed by atoms with Crippen LogP contribution < -0.4 is 4.74 Å². The molecule has 0 saturated carbocycles. The molecule has 1 aromatic carbocycles. The van der Waals surface area contributed by atoms with E-state index >= 15 is 0 Å². The maximum absolute atomic E-state index is 11.6. The van der Waals surface area contributed by atoms with Crippen molar-refractivity contribution >= 4 is 52.3 Å². The molecule has 0 heterocycles. The van der Waals surface area contributed by atoms with Crippen molar-refractivity contribution in [3.63, 3.8) is 0 Å². The van der Waals surface area contributed by atoms with E-state index in [4.69, 9.17) is 13.7 Å². The largest absolute Gasteiger partial charge is 0.496 e. The summed E-state index contributed by atoms with van der Waals surface area (Å²) in [7, 11) is 4.28. The average Bonchev–Trinajstić information content (AvgIpc) is 2.46. The Labute approximate surface area is 156 Å². The Hall–Kier alpha value is 0.01000. The van der Waals surface area contributed by atoms with Gasteiger partial charge in [0, 0.05) is 31.2 Å². The number of hydrogen-bond donors (Lipinski definition) is 0. The van der Waals surface area contributed by atoms with Crippen LogP contribution in [0.15, 0.2) is 22.7 Å². The van der Waals surface area contributed by atoms with Crippen molar-refractivity contribution in [3.8, 4) is 5.75 Å². The van der Waals surface area contributed by atoms with E-state index in [1.165, 1.54) is 16.3 Å². The van der Waals surface area contributed by atoms with Gasteiger partial charge in [-0.05, 0) is 30.0 Å². The van der Waals surface area contributed by atoms with E-state index in [-0.39, 0.29) is 23.9 Å². The molecule has 0 amide bonds. The second kappa shape index (κ2) is 9.34. The van der Waals surface area contributed by atoms with Gasteiger partial charge in [-0.15, -0.1) is 0 Å². The Morgan fingerprint density at radius 3 is 2.64 bits per heavy atom. The highest BCUT2D eigenvalue weighted by molar-refractivity contribution is 14.2. The van der Waals surface area contributed by atoms with Gasteiger partial charge < -0.3 is 13.7 Å². The van der Waals surface area contributed by atoms with Crippen molar-refractivity contribution in [3.05, 3.63) is 28.2 Å². The van der Waals surface area contributed by atoms with Crippen LogP contribution in [0, 0.1) is 0 Å². The lowest BCUT2D eigenvalue weighted by Gasteiger charge is -2.30. The van der Waals surface area contributed by atoms with E-state index in [9.17, 15) is 4.79 Å². The van der Waals surface area contributed by atoms with Crippen molar-refractivity contribution in [2.45, 2.75) is 38.2 Å². The summed E-state index contributed by atoms with van der Waals surface area (Å²) in [5.74, 6) is 0.555. The number of hydrogen-bond acceptors (Lipinski definition) is 5. The van der Waals surface area contributed by atoms with Gasteiger partial charge in [0.1, 0.15) is 5.75 Å². The summed E-state index contributed by atoms with van der Waals surface area (Å²) in [5.41, 5.74) is 0.849. The van der Waals surface area contributed by atoms with Crippen LogP contribution in [0.1, 0.15) is 32.3 Å². The van der Waals surface area contributed by atoms with Crippen molar-refractivity contribution < 1.29 is 18.5 Å². The first-order valence-electron chi connectivity index (χ1n) is 6.69. The third-order valence-corrected chi connectivity index (χ3v) is 4.88. The third-order valence-electron chi connectivity index (χ3n) is 3.42. The first kappa shape index (κ1) is 20.1. The molecule has 0 radical (unpaired) electrons. The second-order valence-electron chi connectivity index (χ2n) is 5.49. The molecule has 0 aromatic heterocycles. The van der Waals surface area contributed by atoms with E-state index in [0.717, 1.165) is 15.8 Å². The topological polar surface area (TPSA) is 44.8 Å². The van der Waals surface area contributed by atoms with Crippen LogP contribution in [0.2, 0.25) is 0 Å². The minimum Gasteiger partial charge on any atom is -0.496 e. The van der Waals surface area contributed by atoms with Crippen LogP contribution >= 0.6 is 46.3 Å². The van der Waals surface area contributed by atoms with Gasteiger partial charge in [-0.2, -0.15) is 0 Å². The van der Waals surface area contributed by atoms with Crippen molar-refractivity contribution in [1.82, 2.24) is 0 Å². The van der Waals surface area contributed by atoms with Crippen molar-refractivity contribution in [2.75, 3.05) is 14.2 Å². The first-order valence-corrected chi connectivity index (χ1v) is 10.8. The summed E-state index contributed by atoms with van der Waals surface area (Å²) in [5, 5.41) is 0. The van der Waals surface area contributed by atoms with Gasteiger partial charge in [-0.25, -0.2) is 0 Å². The zero-order valence-corrected chi connectivity index (χ0v) is 17.6. The molecule has 7 heteroatoms. The summed E-state index contributed by atoms with van der Waals surface area (Å²) in [6, 6.07) is 5.93. The summed E-state index contributed by atoms with van der Waals surface area (Å²) < 4.78 is 16.8. The van der Waals surface area contributed by atoms with Gasteiger partial charge in [-0.1, -0.05) is 29.8 Å². The first-order chi connectivity index (χ1) is 10.3. The van der Waals surface area contributed by atoms with E-state index in [1.807, 2.05) is 18.2 Å². The zero-order chi connectivity index (χ0) is 16.8. The lowest BCUT2D eigenvalue weighted by atomic mass is 9.78. The minimum absolute atomic E-state index is 0.222. The van der Waals surface area contributed by atoms with Crippen LogP contribution in [0.3, 0.4) is 0 Å². The fourth-order valence-electron chi connectivity index (χ4n) is 2.35. The number of carbonyl (C=O) groups excluding carboxylic acids is 1. The Morgan fingerprint density at radius 1 is 1.41 bits per heavy atom. The van der Waals surface area contributed by atoms with Crippen molar-refractivity contribution in [1.29, 1.82) is 0 Å². The number of halogens is 2. The van der Waals surface area contributed by atoms with E-state index in [2.05, 4.69) is 51.0 Å². The van der Waals surface area contributed by atoms with Gasteiger partial charge in [-0.3, -0.25) is 4.79 Å². The summed E-state index contributed by atoms with van der Waals surface area (Å²) in [6.07, 6.45) is 0.671. The molecular formula is C15H20BrIO4S. The molecule has 4 nitrogen and oxygen atoms in total. The SMILES string of the molecule is COC(=O)CC(CC(C)(C)c1cc(Br)ccc1OC)OSI. The normalized spacial score (nSPS) is 12.8. The summed E-state index contributed by atoms with van der Waals surface area (Å²) in [4.78, 5) is 11.6. The predicted molar refractivity (Wildman–Crippen MR) is 101 cm³/mol. The Kier molecular flexibility index (Phi) is 8.52. The molecule has 0 N–H and O–H groups in total. The number of methoxy groups -OCH3 is 2. The van der Waals surface area contributed by atoms with Crippen LogP contribution in [0.25, 0.3) is 0 Å². The molecule has 0 spiro atoms. The maximum Gasteiger partial charge on any atom is 0.308 e. The van der Waals surface area contributed by atoms with Crippen LogP contribution in [-0.2, 0) is 19.1 Å². The van der Waals surface area contributed by atoms with Crippen molar-refractivity contribution in [2.24, 2.45) is 0 Å². The molecule has 1 rings (SSSR count). The highest BCUT2D eigenvalue weighted by Crippen LogP contribution is 2.38. The lowest BCUT2D eigenvalue weighted by molar-refractivity contribution is -0.142. The van der Waals surface area contributed by atoms with Gasteiger partial charge in [0.25, 0.3) is 0 Å². The molecule has 0 bridgehead atoms. The molecule has 22 heavy (non-hydrogen) atoms. The number of benzene rings is 1. The number of esters is 1. The molecule has 1 atom stereocenters. The number of rotatable bonds is 8.